The number of benzene rings is 1. The highest BCUT2D eigenvalue weighted by Gasteiger charge is 2.03. The van der Waals surface area contributed by atoms with Crippen LogP contribution in [0.15, 0.2) is 30.3 Å². The van der Waals surface area contributed by atoms with Gasteiger partial charge in [-0.15, -0.1) is 15.0 Å². The fraction of sp³-hybridized carbons (Fsp3) is 0.111. The van der Waals surface area contributed by atoms with Crippen molar-refractivity contribution in [2.24, 2.45) is 0 Å². The summed E-state index contributed by atoms with van der Waals surface area (Å²) in [6.45, 7) is 0.125. The van der Waals surface area contributed by atoms with Crippen LogP contribution in [-0.4, -0.2) is 20.2 Å². The Hall–Kier alpha value is -2.22. The summed E-state index contributed by atoms with van der Waals surface area (Å²) < 4.78 is 0. The highest BCUT2D eigenvalue weighted by atomic mass is 15.6. The fourth-order valence-corrected chi connectivity index (χ4v) is 1.08. The van der Waals surface area contributed by atoms with Gasteiger partial charge in [0.2, 0.25) is 5.82 Å². The lowest BCUT2D eigenvalue weighted by Gasteiger charge is -1.90. The maximum absolute atomic E-state index is 8.42. The molecule has 0 radical (unpaired) electrons. The molecule has 5 nitrogen and oxygen atoms in total. The average molecular weight is 185 g/mol. The summed E-state index contributed by atoms with van der Waals surface area (Å²) in [4.78, 5) is 1.27. The van der Waals surface area contributed by atoms with E-state index in [0.29, 0.717) is 5.82 Å². The zero-order valence-corrected chi connectivity index (χ0v) is 7.33. The molecular formula is C9H7N5. The summed E-state index contributed by atoms with van der Waals surface area (Å²) in [5, 5.41) is 20.0. The SMILES string of the molecule is N#CCn1nnc(-c2ccccc2)n1. The molecule has 0 amide bonds. The van der Waals surface area contributed by atoms with Crippen LogP contribution in [-0.2, 0) is 6.54 Å². The van der Waals surface area contributed by atoms with E-state index < -0.39 is 0 Å². The van der Waals surface area contributed by atoms with Crippen LogP contribution in [0.25, 0.3) is 11.4 Å². The molecule has 0 aliphatic rings. The van der Waals surface area contributed by atoms with Gasteiger partial charge in [0.05, 0.1) is 6.07 Å². The Morgan fingerprint density at radius 2 is 2.07 bits per heavy atom. The van der Waals surface area contributed by atoms with Gasteiger partial charge in [0.25, 0.3) is 0 Å². The lowest BCUT2D eigenvalue weighted by atomic mass is 10.2. The van der Waals surface area contributed by atoms with Gasteiger partial charge in [0, 0.05) is 5.56 Å². The van der Waals surface area contributed by atoms with E-state index >= 15 is 0 Å². The summed E-state index contributed by atoms with van der Waals surface area (Å²) in [6.07, 6.45) is 0. The van der Waals surface area contributed by atoms with Crippen LogP contribution in [0, 0.1) is 11.3 Å². The third kappa shape index (κ3) is 1.59. The smallest absolute Gasteiger partial charge is 0.196 e. The summed E-state index contributed by atoms with van der Waals surface area (Å²) >= 11 is 0. The fourth-order valence-electron chi connectivity index (χ4n) is 1.08. The average Bonchev–Trinajstić information content (AvgIpc) is 2.68. The molecule has 14 heavy (non-hydrogen) atoms. The minimum Gasteiger partial charge on any atom is -0.196 e. The minimum absolute atomic E-state index is 0.125. The molecule has 1 aromatic heterocycles. The molecule has 0 atom stereocenters. The second-order valence-corrected chi connectivity index (χ2v) is 2.67. The Labute approximate surface area is 80.6 Å². The first kappa shape index (κ1) is 8.38. The third-order valence-corrected chi connectivity index (χ3v) is 1.70. The summed E-state index contributed by atoms with van der Waals surface area (Å²) in [7, 11) is 0. The number of nitriles is 1. The second-order valence-electron chi connectivity index (χ2n) is 2.67. The summed E-state index contributed by atoms with van der Waals surface area (Å²) in [5.74, 6) is 0.542. The topological polar surface area (TPSA) is 67.4 Å². The van der Waals surface area contributed by atoms with Crippen LogP contribution in [0.3, 0.4) is 0 Å². The van der Waals surface area contributed by atoms with E-state index in [2.05, 4.69) is 15.4 Å². The van der Waals surface area contributed by atoms with Gasteiger partial charge < -0.3 is 0 Å². The van der Waals surface area contributed by atoms with Gasteiger partial charge in [-0.1, -0.05) is 30.3 Å². The second kappa shape index (κ2) is 3.66. The van der Waals surface area contributed by atoms with Crippen LogP contribution in [0.2, 0.25) is 0 Å². The number of hydrogen-bond acceptors (Lipinski definition) is 4. The maximum atomic E-state index is 8.42. The first-order valence-corrected chi connectivity index (χ1v) is 4.10. The Morgan fingerprint density at radius 3 is 2.79 bits per heavy atom. The van der Waals surface area contributed by atoms with Crippen LogP contribution >= 0.6 is 0 Å². The molecule has 68 valence electrons. The molecule has 0 bridgehead atoms. The molecule has 0 saturated heterocycles. The van der Waals surface area contributed by atoms with Crippen LogP contribution in [0.4, 0.5) is 0 Å². The molecule has 5 heteroatoms. The zero-order valence-electron chi connectivity index (χ0n) is 7.33. The van der Waals surface area contributed by atoms with Crippen molar-refractivity contribution in [3.8, 4) is 17.5 Å². The van der Waals surface area contributed by atoms with E-state index in [1.54, 1.807) is 0 Å². The molecule has 0 N–H and O–H groups in total. The molecule has 2 aromatic rings. The van der Waals surface area contributed by atoms with Gasteiger partial charge >= 0.3 is 0 Å². The van der Waals surface area contributed by atoms with E-state index in [1.165, 1.54) is 4.80 Å². The number of nitrogens with zero attached hydrogens (tertiary/aromatic N) is 5. The van der Waals surface area contributed by atoms with Crippen molar-refractivity contribution < 1.29 is 0 Å². The first-order chi connectivity index (χ1) is 6.90. The lowest BCUT2D eigenvalue weighted by molar-refractivity contribution is 0.589. The van der Waals surface area contributed by atoms with Gasteiger partial charge in [-0.25, -0.2) is 0 Å². The van der Waals surface area contributed by atoms with Gasteiger partial charge in [-0.2, -0.15) is 5.26 Å². The minimum atomic E-state index is 0.125. The van der Waals surface area contributed by atoms with Crippen LogP contribution < -0.4 is 0 Å². The molecular weight excluding hydrogens is 178 g/mol. The van der Waals surface area contributed by atoms with Crippen molar-refractivity contribution in [1.29, 1.82) is 5.26 Å². The third-order valence-electron chi connectivity index (χ3n) is 1.70. The Morgan fingerprint density at radius 1 is 1.29 bits per heavy atom. The maximum Gasteiger partial charge on any atom is 0.204 e. The van der Waals surface area contributed by atoms with Crippen LogP contribution in [0.1, 0.15) is 0 Å². The van der Waals surface area contributed by atoms with E-state index in [1.807, 2.05) is 36.4 Å². The van der Waals surface area contributed by atoms with Crippen molar-refractivity contribution in [2.75, 3.05) is 0 Å². The molecule has 0 saturated carbocycles. The Balaban J connectivity index is 2.31. The number of aromatic nitrogens is 4. The monoisotopic (exact) mass is 185 g/mol. The molecule has 0 spiro atoms. The van der Waals surface area contributed by atoms with Crippen molar-refractivity contribution in [1.82, 2.24) is 20.2 Å². The van der Waals surface area contributed by atoms with E-state index in [0.717, 1.165) is 5.56 Å². The summed E-state index contributed by atoms with van der Waals surface area (Å²) in [6, 6.07) is 11.5. The Kier molecular flexibility index (Phi) is 2.19. The molecule has 0 aliphatic heterocycles. The predicted octanol–water partition coefficient (Wildman–Crippen LogP) is 0.864. The molecule has 2 rings (SSSR count). The molecule has 1 aromatic carbocycles. The van der Waals surface area contributed by atoms with E-state index in [4.69, 9.17) is 5.26 Å². The number of tetrazole rings is 1. The van der Waals surface area contributed by atoms with Crippen molar-refractivity contribution >= 4 is 0 Å². The molecule has 0 fully saturated rings. The van der Waals surface area contributed by atoms with Crippen LogP contribution in [0.5, 0.6) is 0 Å². The first-order valence-electron chi connectivity index (χ1n) is 4.10. The molecule has 0 unspecified atom stereocenters. The largest absolute Gasteiger partial charge is 0.204 e. The highest BCUT2D eigenvalue weighted by Crippen LogP contribution is 2.11. The van der Waals surface area contributed by atoms with Crippen molar-refractivity contribution in [3.05, 3.63) is 30.3 Å². The molecule has 0 aliphatic carbocycles. The molecule has 1 heterocycles. The van der Waals surface area contributed by atoms with Crippen molar-refractivity contribution in [2.45, 2.75) is 6.54 Å². The Bertz CT molecular complexity index is 454. The zero-order chi connectivity index (χ0) is 9.80. The summed E-state index contributed by atoms with van der Waals surface area (Å²) in [5.41, 5.74) is 0.900. The standard InChI is InChI=1S/C9H7N5/c10-6-7-14-12-9(11-13-14)8-4-2-1-3-5-8/h1-5H,7H2. The van der Waals surface area contributed by atoms with E-state index in [9.17, 15) is 0 Å². The van der Waals surface area contributed by atoms with Crippen molar-refractivity contribution in [3.63, 3.8) is 0 Å². The van der Waals surface area contributed by atoms with Gasteiger partial charge in [0.1, 0.15) is 6.54 Å². The van der Waals surface area contributed by atoms with Gasteiger partial charge in [-0.05, 0) is 5.21 Å². The lowest BCUT2D eigenvalue weighted by Crippen LogP contribution is -1.99. The van der Waals surface area contributed by atoms with Gasteiger partial charge in [0.15, 0.2) is 0 Å². The predicted molar refractivity (Wildman–Crippen MR) is 48.9 cm³/mol. The van der Waals surface area contributed by atoms with Gasteiger partial charge in [-0.3, -0.25) is 0 Å². The normalized spacial score (nSPS) is 9.64. The number of rotatable bonds is 2. The highest BCUT2D eigenvalue weighted by molar-refractivity contribution is 5.52. The van der Waals surface area contributed by atoms with E-state index in [-0.39, 0.29) is 6.54 Å². The number of hydrogen-bond donors (Lipinski definition) is 0. The quantitative estimate of drug-likeness (QED) is 0.696.